The first-order valence-corrected chi connectivity index (χ1v) is 8.07. The highest BCUT2D eigenvalue weighted by atomic mass is 32.2. The minimum atomic E-state index is -3.31. The van der Waals surface area contributed by atoms with Crippen LogP contribution in [0.15, 0.2) is 24.3 Å². The van der Waals surface area contributed by atoms with E-state index in [1.54, 1.807) is 12.1 Å². The van der Waals surface area contributed by atoms with Gasteiger partial charge >= 0.3 is 0 Å². The third-order valence-electron chi connectivity index (χ3n) is 3.53. The maximum absolute atomic E-state index is 13.3. The summed E-state index contributed by atoms with van der Waals surface area (Å²) in [4.78, 5) is 0. The van der Waals surface area contributed by atoms with Crippen molar-refractivity contribution in [3.8, 4) is 0 Å². The molecule has 0 bridgehead atoms. The molecule has 0 aliphatic heterocycles. The first-order chi connectivity index (χ1) is 8.80. The molecule has 1 saturated carbocycles. The monoisotopic (exact) mass is 287 g/mol. The van der Waals surface area contributed by atoms with Gasteiger partial charge in [-0.15, -0.1) is 0 Å². The molecule has 0 saturated heterocycles. The van der Waals surface area contributed by atoms with E-state index in [1.807, 2.05) is 6.92 Å². The first-order valence-electron chi connectivity index (χ1n) is 6.11. The van der Waals surface area contributed by atoms with Crippen molar-refractivity contribution in [2.45, 2.75) is 23.6 Å². The maximum Gasteiger partial charge on any atom is 0.152 e. The van der Waals surface area contributed by atoms with E-state index in [0.29, 0.717) is 12.2 Å². The molecule has 0 radical (unpaired) electrons. The van der Waals surface area contributed by atoms with E-state index >= 15 is 0 Å². The van der Waals surface area contributed by atoms with Crippen molar-refractivity contribution in [2.24, 2.45) is 5.73 Å². The van der Waals surface area contributed by atoms with Crippen LogP contribution < -0.4 is 5.73 Å². The lowest BCUT2D eigenvalue weighted by Gasteiger charge is -2.11. The highest BCUT2D eigenvalue weighted by Crippen LogP contribution is 2.54. The summed E-state index contributed by atoms with van der Waals surface area (Å²) in [6, 6.07) is 5.92. The Kier molecular flexibility index (Phi) is 3.68. The van der Waals surface area contributed by atoms with Crippen molar-refractivity contribution in [1.29, 1.82) is 0 Å². The third-order valence-corrected chi connectivity index (χ3v) is 5.16. The second-order valence-corrected chi connectivity index (χ2v) is 7.20. The van der Waals surface area contributed by atoms with E-state index in [2.05, 4.69) is 0 Å². The number of nitrogens with two attached hydrogens (primary N) is 1. The Balaban J connectivity index is 2.33. The molecule has 0 aromatic heterocycles. The molecule has 2 N–H and O–H groups in total. The summed E-state index contributed by atoms with van der Waals surface area (Å²) in [5.41, 5.74) is 5.81. The fourth-order valence-corrected chi connectivity index (χ4v) is 4.54. The molecule has 106 valence electrons. The first kappa shape index (κ1) is 14.4. The second kappa shape index (κ2) is 4.85. The Morgan fingerprint density at radius 1 is 1.47 bits per heavy atom. The van der Waals surface area contributed by atoms with Gasteiger partial charge in [0.05, 0.1) is 17.4 Å². The standard InChI is InChI=1S/C13H18FNO3S/c1-3-18-8-13(15)11(12(13)19(2,16)17)9-5-4-6-10(14)7-9/h4-7,11-12H,3,8,15H2,1-2H3/t11-,12-,13+/m1/s1. The van der Waals surface area contributed by atoms with E-state index in [9.17, 15) is 12.8 Å². The van der Waals surface area contributed by atoms with E-state index in [1.165, 1.54) is 12.1 Å². The molecule has 0 spiro atoms. The van der Waals surface area contributed by atoms with Crippen LogP contribution in [0.3, 0.4) is 0 Å². The van der Waals surface area contributed by atoms with Gasteiger partial charge in [0.15, 0.2) is 9.84 Å². The van der Waals surface area contributed by atoms with Crippen molar-refractivity contribution in [2.75, 3.05) is 19.5 Å². The molecule has 0 heterocycles. The van der Waals surface area contributed by atoms with E-state index in [-0.39, 0.29) is 6.61 Å². The molecular formula is C13H18FNO3S. The van der Waals surface area contributed by atoms with E-state index < -0.39 is 32.4 Å². The van der Waals surface area contributed by atoms with E-state index in [4.69, 9.17) is 10.5 Å². The lowest BCUT2D eigenvalue weighted by molar-refractivity contribution is 0.125. The molecule has 1 aliphatic carbocycles. The predicted octanol–water partition coefficient (Wildman–Crippen LogP) is 1.07. The van der Waals surface area contributed by atoms with E-state index in [0.717, 1.165) is 6.26 Å². The number of halogens is 1. The van der Waals surface area contributed by atoms with Crippen LogP contribution >= 0.6 is 0 Å². The van der Waals surface area contributed by atoms with Crippen molar-refractivity contribution >= 4 is 9.84 Å². The quantitative estimate of drug-likeness (QED) is 0.879. The fraction of sp³-hybridized carbons (Fsp3) is 0.538. The zero-order valence-corrected chi connectivity index (χ0v) is 11.8. The van der Waals surface area contributed by atoms with Crippen LogP contribution in [0.25, 0.3) is 0 Å². The summed E-state index contributed by atoms with van der Waals surface area (Å²) < 4.78 is 42.2. The summed E-state index contributed by atoms with van der Waals surface area (Å²) in [6.07, 6.45) is 1.16. The average molecular weight is 287 g/mol. The van der Waals surface area contributed by atoms with Crippen molar-refractivity contribution < 1.29 is 17.5 Å². The highest BCUT2D eigenvalue weighted by Gasteiger charge is 2.68. The maximum atomic E-state index is 13.3. The molecule has 2 rings (SSSR count). The van der Waals surface area contributed by atoms with Gasteiger partial charge in [-0.3, -0.25) is 0 Å². The normalized spacial score (nSPS) is 30.3. The Labute approximate surface area is 112 Å². The molecule has 4 nitrogen and oxygen atoms in total. The van der Waals surface area contributed by atoms with Crippen LogP contribution in [0.4, 0.5) is 4.39 Å². The highest BCUT2D eigenvalue weighted by molar-refractivity contribution is 7.91. The van der Waals surface area contributed by atoms with Crippen molar-refractivity contribution in [3.63, 3.8) is 0 Å². The zero-order valence-electron chi connectivity index (χ0n) is 11.0. The molecule has 6 heteroatoms. The Bertz CT molecular complexity index is 575. The largest absolute Gasteiger partial charge is 0.380 e. The Morgan fingerprint density at radius 3 is 2.68 bits per heavy atom. The summed E-state index contributed by atoms with van der Waals surface area (Å²) in [5.74, 6) is -0.805. The van der Waals surface area contributed by atoms with Gasteiger partial charge < -0.3 is 10.5 Å². The van der Waals surface area contributed by atoms with Crippen LogP contribution in [0, 0.1) is 5.82 Å². The molecule has 3 atom stereocenters. The topological polar surface area (TPSA) is 69.4 Å². The number of hydrogen-bond acceptors (Lipinski definition) is 4. The lowest BCUT2D eigenvalue weighted by atomic mass is 10.1. The summed E-state index contributed by atoms with van der Waals surface area (Å²) in [7, 11) is -3.31. The van der Waals surface area contributed by atoms with Gasteiger partial charge in [-0.25, -0.2) is 12.8 Å². The summed E-state index contributed by atoms with van der Waals surface area (Å²) >= 11 is 0. The van der Waals surface area contributed by atoms with Gasteiger partial charge in [0.2, 0.25) is 0 Å². The van der Waals surface area contributed by atoms with Crippen LogP contribution in [0.1, 0.15) is 18.4 Å². The van der Waals surface area contributed by atoms with Gasteiger partial charge in [-0.2, -0.15) is 0 Å². The average Bonchev–Trinajstić information content (AvgIpc) is 2.94. The van der Waals surface area contributed by atoms with Crippen molar-refractivity contribution in [3.05, 3.63) is 35.6 Å². The minimum absolute atomic E-state index is 0.155. The summed E-state index contributed by atoms with van der Waals surface area (Å²) in [6.45, 7) is 2.44. The molecule has 1 aromatic rings. The zero-order chi connectivity index (χ0) is 14.3. The minimum Gasteiger partial charge on any atom is -0.380 e. The van der Waals surface area contributed by atoms with Gasteiger partial charge in [-0.05, 0) is 24.6 Å². The molecule has 1 fully saturated rings. The number of ether oxygens (including phenoxy) is 1. The van der Waals surface area contributed by atoms with Gasteiger partial charge in [-0.1, -0.05) is 12.1 Å². The molecule has 19 heavy (non-hydrogen) atoms. The second-order valence-electron chi connectivity index (χ2n) is 5.03. The molecular weight excluding hydrogens is 269 g/mol. The number of sulfone groups is 1. The number of rotatable bonds is 5. The van der Waals surface area contributed by atoms with Crippen LogP contribution in [0.2, 0.25) is 0 Å². The van der Waals surface area contributed by atoms with Gasteiger partial charge in [0.1, 0.15) is 5.82 Å². The predicted molar refractivity (Wildman–Crippen MR) is 71.2 cm³/mol. The van der Waals surface area contributed by atoms with Crippen molar-refractivity contribution in [1.82, 2.24) is 0 Å². The lowest BCUT2D eigenvalue weighted by Crippen LogP contribution is -2.36. The Morgan fingerprint density at radius 2 is 2.16 bits per heavy atom. The van der Waals surface area contributed by atoms with Crippen LogP contribution in [0.5, 0.6) is 0 Å². The number of benzene rings is 1. The molecule has 1 aliphatic rings. The van der Waals surface area contributed by atoms with Crippen LogP contribution in [-0.2, 0) is 14.6 Å². The Hall–Kier alpha value is -0.980. The SMILES string of the molecule is CCOC[C@]1(N)[C@H](c2cccc(F)c2)[C@H]1S(C)(=O)=O. The fourth-order valence-electron chi connectivity index (χ4n) is 2.70. The summed E-state index contributed by atoms with van der Waals surface area (Å²) in [5, 5.41) is -0.714. The molecule has 0 unspecified atom stereocenters. The molecule has 1 aromatic carbocycles. The van der Waals surface area contributed by atoms with Gasteiger partial charge in [0.25, 0.3) is 0 Å². The van der Waals surface area contributed by atoms with Crippen LogP contribution in [-0.4, -0.2) is 38.7 Å². The van der Waals surface area contributed by atoms with Gasteiger partial charge in [0, 0.05) is 18.8 Å². The number of hydrogen-bond donors (Lipinski definition) is 1. The third kappa shape index (κ3) is 2.66. The molecule has 0 amide bonds. The smallest absolute Gasteiger partial charge is 0.152 e.